The van der Waals surface area contributed by atoms with Crippen LogP contribution in [0.15, 0.2) is 48.5 Å². The van der Waals surface area contributed by atoms with Gasteiger partial charge in [0.25, 0.3) is 0 Å². The Labute approximate surface area is 183 Å². The molecule has 0 unspecified atom stereocenters. The summed E-state index contributed by atoms with van der Waals surface area (Å²) < 4.78 is 2.05. The quantitative estimate of drug-likeness (QED) is 0.571. The number of aryl methyl sites for hydroxylation is 2. The first-order valence-electron chi connectivity index (χ1n) is 11.1. The zero-order chi connectivity index (χ0) is 21.6. The van der Waals surface area contributed by atoms with E-state index >= 15 is 0 Å². The molecule has 0 bridgehead atoms. The number of hydrogen-bond donors (Lipinski definition) is 1. The maximum atomic E-state index is 12.7. The first-order chi connectivity index (χ1) is 15.1. The topological polar surface area (TPSA) is 67.2 Å². The lowest BCUT2D eigenvalue weighted by Gasteiger charge is -2.17. The van der Waals surface area contributed by atoms with Gasteiger partial charge in [0.1, 0.15) is 12.4 Å². The highest BCUT2D eigenvalue weighted by molar-refractivity contribution is 5.81. The highest BCUT2D eigenvalue weighted by Crippen LogP contribution is 2.18. The van der Waals surface area contributed by atoms with Crippen LogP contribution in [-0.2, 0) is 29.0 Å². The van der Waals surface area contributed by atoms with Crippen LogP contribution in [0.25, 0.3) is 11.0 Å². The van der Waals surface area contributed by atoms with E-state index in [1.165, 1.54) is 0 Å². The summed E-state index contributed by atoms with van der Waals surface area (Å²) in [4.78, 5) is 31.8. The molecular weight excluding hydrogens is 388 g/mol. The van der Waals surface area contributed by atoms with E-state index in [2.05, 4.69) is 5.32 Å². The molecular formula is C25H30N4O2. The van der Waals surface area contributed by atoms with Crippen molar-refractivity contribution in [1.82, 2.24) is 19.8 Å². The van der Waals surface area contributed by atoms with Gasteiger partial charge in [0, 0.05) is 26.1 Å². The number of rotatable bonds is 8. The molecule has 0 spiro atoms. The Bertz CT molecular complexity index is 1070. The summed E-state index contributed by atoms with van der Waals surface area (Å²) in [6, 6.07) is 15.9. The van der Waals surface area contributed by atoms with Crippen LogP contribution >= 0.6 is 0 Å². The number of amides is 2. The minimum atomic E-state index is 0.0343. The molecule has 1 aliphatic heterocycles. The number of carbonyl (C=O) groups is 2. The number of fused-ring (bicyclic) bond motifs is 1. The van der Waals surface area contributed by atoms with Crippen LogP contribution in [0.3, 0.4) is 0 Å². The normalized spacial score (nSPS) is 13.6. The van der Waals surface area contributed by atoms with Crippen molar-refractivity contribution in [2.24, 2.45) is 0 Å². The third kappa shape index (κ3) is 5.13. The molecule has 4 rings (SSSR count). The molecule has 6 heteroatoms. The van der Waals surface area contributed by atoms with E-state index in [9.17, 15) is 9.59 Å². The van der Waals surface area contributed by atoms with Gasteiger partial charge >= 0.3 is 0 Å². The molecule has 1 fully saturated rings. The van der Waals surface area contributed by atoms with E-state index in [1.807, 2.05) is 64.9 Å². The summed E-state index contributed by atoms with van der Waals surface area (Å²) >= 11 is 0. The summed E-state index contributed by atoms with van der Waals surface area (Å²) in [5.74, 6) is 1.10. The van der Waals surface area contributed by atoms with Crippen molar-refractivity contribution in [3.8, 4) is 0 Å². The van der Waals surface area contributed by atoms with E-state index in [-0.39, 0.29) is 11.8 Å². The summed E-state index contributed by atoms with van der Waals surface area (Å²) in [7, 11) is 0. The second-order valence-electron chi connectivity index (χ2n) is 8.25. The number of nitrogens with zero attached hydrogens (tertiary/aromatic N) is 3. The van der Waals surface area contributed by atoms with Crippen molar-refractivity contribution in [3.05, 3.63) is 65.5 Å². The first-order valence-corrected chi connectivity index (χ1v) is 11.1. The lowest BCUT2D eigenvalue weighted by Crippen LogP contribution is -2.31. The Morgan fingerprint density at radius 1 is 1.03 bits per heavy atom. The summed E-state index contributed by atoms with van der Waals surface area (Å²) in [5, 5.41) is 3.02. The molecule has 6 nitrogen and oxygen atoms in total. The number of likely N-dealkylation sites (tertiary alicyclic amines) is 1. The van der Waals surface area contributed by atoms with Gasteiger partial charge < -0.3 is 14.8 Å². The molecule has 0 radical (unpaired) electrons. The molecule has 1 aromatic heterocycles. The highest BCUT2D eigenvalue weighted by Gasteiger charge is 2.20. The lowest BCUT2D eigenvalue weighted by atomic mass is 10.1. The number of carbonyl (C=O) groups excluding carboxylic acids is 2. The number of imidazole rings is 1. The van der Waals surface area contributed by atoms with E-state index in [0.29, 0.717) is 25.9 Å². The minimum Gasteiger partial charge on any atom is -0.356 e. The number of aromatic nitrogens is 2. The van der Waals surface area contributed by atoms with Crippen LogP contribution in [-0.4, -0.2) is 45.9 Å². The molecule has 1 N–H and O–H groups in total. The van der Waals surface area contributed by atoms with Crippen LogP contribution in [0.2, 0.25) is 0 Å². The smallest absolute Gasteiger partial charge is 0.242 e. The molecule has 2 aromatic carbocycles. The van der Waals surface area contributed by atoms with Gasteiger partial charge in [-0.2, -0.15) is 0 Å². The van der Waals surface area contributed by atoms with Gasteiger partial charge in [-0.25, -0.2) is 4.98 Å². The third-order valence-electron chi connectivity index (χ3n) is 6.00. The molecule has 162 valence electrons. The average molecular weight is 419 g/mol. The van der Waals surface area contributed by atoms with E-state index in [1.54, 1.807) is 0 Å². The van der Waals surface area contributed by atoms with E-state index in [4.69, 9.17) is 4.98 Å². The molecule has 2 amide bonds. The Hall–Kier alpha value is -3.15. The fraction of sp³-hybridized carbons (Fsp3) is 0.400. The van der Waals surface area contributed by atoms with Crippen molar-refractivity contribution in [3.63, 3.8) is 0 Å². The summed E-state index contributed by atoms with van der Waals surface area (Å²) in [6.45, 7) is 4.65. The molecule has 0 saturated carbocycles. The highest BCUT2D eigenvalue weighted by atomic mass is 16.2. The largest absolute Gasteiger partial charge is 0.356 e. The van der Waals surface area contributed by atoms with Crippen LogP contribution in [0.1, 0.15) is 36.2 Å². The predicted octanol–water partition coefficient (Wildman–Crippen LogP) is 3.26. The molecule has 31 heavy (non-hydrogen) atoms. The molecule has 3 aromatic rings. The van der Waals surface area contributed by atoms with Crippen LogP contribution < -0.4 is 5.32 Å². The maximum Gasteiger partial charge on any atom is 0.242 e. The van der Waals surface area contributed by atoms with Crippen LogP contribution in [0.5, 0.6) is 0 Å². The average Bonchev–Trinajstić information content (AvgIpc) is 3.42. The van der Waals surface area contributed by atoms with Crippen molar-refractivity contribution >= 4 is 22.8 Å². The molecule has 1 aliphatic rings. The second kappa shape index (κ2) is 9.77. The maximum absolute atomic E-state index is 12.7. The number of para-hydroxylation sites is 2. The number of hydrogen-bond acceptors (Lipinski definition) is 3. The van der Waals surface area contributed by atoms with Gasteiger partial charge in [-0.15, -0.1) is 0 Å². The lowest BCUT2D eigenvalue weighted by molar-refractivity contribution is -0.130. The zero-order valence-corrected chi connectivity index (χ0v) is 18.1. The standard InChI is InChI=1S/C25H30N4O2/c1-19-9-2-3-10-20(19)17-24(30)26-14-8-13-23-27-21-11-4-5-12-22(21)29(23)18-25(31)28-15-6-7-16-28/h2-5,9-12H,6-8,13-18H2,1H3,(H,26,30). The predicted molar refractivity (Wildman–Crippen MR) is 122 cm³/mol. The first kappa shape index (κ1) is 21.1. The van der Waals surface area contributed by atoms with Gasteiger partial charge in [0.2, 0.25) is 11.8 Å². The fourth-order valence-corrected chi connectivity index (χ4v) is 4.21. The zero-order valence-electron chi connectivity index (χ0n) is 18.1. The van der Waals surface area contributed by atoms with Crippen molar-refractivity contribution in [2.75, 3.05) is 19.6 Å². The molecule has 0 aliphatic carbocycles. The van der Waals surface area contributed by atoms with Gasteiger partial charge in [-0.05, 0) is 49.4 Å². The summed E-state index contributed by atoms with van der Waals surface area (Å²) in [6.07, 6.45) is 4.07. The van der Waals surface area contributed by atoms with Gasteiger partial charge in [-0.3, -0.25) is 9.59 Å². The monoisotopic (exact) mass is 418 g/mol. The van der Waals surface area contributed by atoms with Gasteiger partial charge in [0.15, 0.2) is 0 Å². The second-order valence-corrected chi connectivity index (χ2v) is 8.25. The Morgan fingerprint density at radius 3 is 2.58 bits per heavy atom. The third-order valence-corrected chi connectivity index (χ3v) is 6.00. The van der Waals surface area contributed by atoms with E-state index in [0.717, 1.165) is 60.3 Å². The summed E-state index contributed by atoms with van der Waals surface area (Å²) in [5.41, 5.74) is 4.10. The minimum absolute atomic E-state index is 0.0343. The van der Waals surface area contributed by atoms with Crippen LogP contribution in [0.4, 0.5) is 0 Å². The van der Waals surface area contributed by atoms with Crippen molar-refractivity contribution in [2.45, 2.75) is 45.6 Å². The molecule has 1 saturated heterocycles. The molecule has 2 heterocycles. The Balaban J connectivity index is 1.36. The SMILES string of the molecule is Cc1ccccc1CC(=O)NCCCc1nc2ccccc2n1CC(=O)N1CCCC1. The van der Waals surface area contributed by atoms with E-state index < -0.39 is 0 Å². The van der Waals surface area contributed by atoms with Crippen molar-refractivity contribution < 1.29 is 9.59 Å². The fourth-order valence-electron chi connectivity index (χ4n) is 4.21. The number of benzene rings is 2. The Morgan fingerprint density at radius 2 is 1.77 bits per heavy atom. The molecule has 0 atom stereocenters. The van der Waals surface area contributed by atoms with Gasteiger partial charge in [0.05, 0.1) is 17.5 Å². The number of nitrogens with one attached hydrogen (secondary N) is 1. The Kier molecular flexibility index (Phi) is 6.65. The van der Waals surface area contributed by atoms with Crippen LogP contribution in [0, 0.1) is 6.92 Å². The van der Waals surface area contributed by atoms with Gasteiger partial charge in [-0.1, -0.05) is 36.4 Å². The van der Waals surface area contributed by atoms with Crippen molar-refractivity contribution in [1.29, 1.82) is 0 Å².